The van der Waals surface area contributed by atoms with Crippen molar-refractivity contribution >= 4 is 23.4 Å². The summed E-state index contributed by atoms with van der Waals surface area (Å²) in [6.07, 6.45) is 1.91. The van der Waals surface area contributed by atoms with E-state index in [1.54, 1.807) is 29.2 Å². The van der Waals surface area contributed by atoms with E-state index in [1.807, 2.05) is 26.8 Å². The number of hydrogen-bond acceptors (Lipinski definition) is 5. The van der Waals surface area contributed by atoms with Gasteiger partial charge < -0.3 is 9.64 Å². The molecule has 0 aliphatic carbocycles. The van der Waals surface area contributed by atoms with Crippen LogP contribution >= 0.6 is 0 Å². The van der Waals surface area contributed by atoms with E-state index in [0.29, 0.717) is 24.4 Å². The Hall–Kier alpha value is -2.72. The Labute approximate surface area is 171 Å². The molecule has 2 unspecified atom stereocenters. The predicted molar refractivity (Wildman–Crippen MR) is 107 cm³/mol. The Morgan fingerprint density at radius 3 is 2.52 bits per heavy atom. The summed E-state index contributed by atoms with van der Waals surface area (Å²) in [5.41, 5.74) is 0.635. The molecule has 7 heteroatoms. The first-order valence-electron chi connectivity index (χ1n) is 9.97. The van der Waals surface area contributed by atoms with Gasteiger partial charge in [0.25, 0.3) is 5.91 Å². The van der Waals surface area contributed by atoms with Crippen LogP contribution in [0.1, 0.15) is 52.0 Å². The van der Waals surface area contributed by atoms with Gasteiger partial charge in [-0.3, -0.25) is 14.4 Å². The highest BCUT2D eigenvalue weighted by molar-refractivity contribution is 6.23. The summed E-state index contributed by atoms with van der Waals surface area (Å²) < 4.78 is 5.69. The molecule has 2 fully saturated rings. The van der Waals surface area contributed by atoms with Crippen molar-refractivity contribution in [2.24, 2.45) is 5.41 Å². The number of hydrogen-bond donors (Lipinski definition) is 0. The number of amides is 3. The first-order chi connectivity index (χ1) is 13.7. The molecular formula is C22H27N3O4. The molecule has 1 aromatic carbocycles. The molecule has 29 heavy (non-hydrogen) atoms. The monoisotopic (exact) mass is 397 g/mol. The molecule has 0 spiro atoms. The molecule has 3 amide bonds. The molecular weight excluding hydrogens is 370 g/mol. The topological polar surface area (TPSA) is 90.7 Å². The normalized spacial score (nSPS) is 22.1. The summed E-state index contributed by atoms with van der Waals surface area (Å²) in [5.74, 6) is -0.883. The molecule has 2 aliphatic heterocycles. The van der Waals surface area contributed by atoms with Crippen LogP contribution in [0.2, 0.25) is 0 Å². The molecule has 0 bridgehead atoms. The molecule has 154 valence electrons. The van der Waals surface area contributed by atoms with Gasteiger partial charge in [0.05, 0.1) is 29.8 Å². The third-order valence-corrected chi connectivity index (χ3v) is 5.18. The minimum absolute atomic E-state index is 0.0402. The van der Waals surface area contributed by atoms with Crippen molar-refractivity contribution in [2.75, 3.05) is 18.1 Å². The second-order valence-electron chi connectivity index (χ2n) is 8.86. The number of nitrogens with zero attached hydrogens (tertiary/aromatic N) is 3. The predicted octanol–water partition coefficient (Wildman–Crippen LogP) is 2.63. The number of nitriles is 1. The molecule has 2 aliphatic rings. The molecule has 0 saturated carbocycles. The Balaban J connectivity index is 1.84. The highest BCUT2D eigenvalue weighted by Gasteiger charge is 2.45. The molecule has 0 N–H and O–H groups in total. The number of imide groups is 1. The Kier molecular flexibility index (Phi) is 6.04. The van der Waals surface area contributed by atoms with Gasteiger partial charge in [0, 0.05) is 19.6 Å². The van der Waals surface area contributed by atoms with Crippen molar-refractivity contribution in [2.45, 2.75) is 58.6 Å². The lowest BCUT2D eigenvalue weighted by atomic mass is 9.91. The van der Waals surface area contributed by atoms with Crippen LogP contribution in [0.3, 0.4) is 0 Å². The first kappa shape index (κ1) is 21.0. The van der Waals surface area contributed by atoms with Crippen LogP contribution in [0.15, 0.2) is 24.3 Å². The number of anilines is 1. The summed E-state index contributed by atoms with van der Waals surface area (Å²) in [6, 6.07) is 7.49. The zero-order chi connectivity index (χ0) is 21.2. The molecule has 0 radical (unpaired) electrons. The average Bonchev–Trinajstić information content (AvgIpc) is 3.26. The van der Waals surface area contributed by atoms with Crippen molar-refractivity contribution < 1.29 is 19.1 Å². The van der Waals surface area contributed by atoms with Gasteiger partial charge in [-0.25, -0.2) is 4.90 Å². The van der Waals surface area contributed by atoms with E-state index >= 15 is 0 Å². The summed E-state index contributed by atoms with van der Waals surface area (Å²) in [6.45, 7) is 6.89. The van der Waals surface area contributed by atoms with E-state index in [-0.39, 0.29) is 36.2 Å². The van der Waals surface area contributed by atoms with Crippen LogP contribution < -0.4 is 4.90 Å². The third-order valence-electron chi connectivity index (χ3n) is 5.18. The smallest absolute Gasteiger partial charge is 0.257 e. The zero-order valence-electron chi connectivity index (χ0n) is 17.2. The fraction of sp³-hybridized carbons (Fsp3) is 0.545. The van der Waals surface area contributed by atoms with Gasteiger partial charge in [0.1, 0.15) is 6.04 Å². The Morgan fingerprint density at radius 1 is 1.28 bits per heavy atom. The van der Waals surface area contributed by atoms with Gasteiger partial charge in [-0.15, -0.1) is 0 Å². The van der Waals surface area contributed by atoms with E-state index in [0.717, 1.165) is 17.7 Å². The quantitative estimate of drug-likeness (QED) is 0.713. The highest BCUT2D eigenvalue weighted by Crippen LogP contribution is 2.29. The van der Waals surface area contributed by atoms with Crippen LogP contribution in [0, 0.1) is 16.7 Å². The number of carbonyl (C=O) groups excluding carboxylic acids is 3. The van der Waals surface area contributed by atoms with Crippen molar-refractivity contribution in [3.8, 4) is 6.07 Å². The van der Waals surface area contributed by atoms with Crippen LogP contribution in [-0.2, 0) is 19.1 Å². The van der Waals surface area contributed by atoms with Crippen LogP contribution in [0.4, 0.5) is 5.69 Å². The first-order valence-corrected chi connectivity index (χ1v) is 9.97. The largest absolute Gasteiger partial charge is 0.376 e. The number of benzene rings is 1. The molecule has 2 atom stereocenters. The van der Waals surface area contributed by atoms with E-state index in [2.05, 4.69) is 0 Å². The fourth-order valence-electron chi connectivity index (χ4n) is 3.78. The summed E-state index contributed by atoms with van der Waals surface area (Å²) in [7, 11) is 0. The lowest BCUT2D eigenvalue weighted by Gasteiger charge is -2.32. The standard InChI is InChI=1S/C22H27N3O4/c1-22(2,3)12-20(27)24(14-17-5-4-10-29-17)18-11-19(26)25(21(18)28)16-8-6-15(13-23)7-9-16/h6-9,17-18H,4-5,10-12,14H2,1-3H3. The molecule has 2 saturated heterocycles. The average molecular weight is 397 g/mol. The molecule has 0 aromatic heterocycles. The maximum Gasteiger partial charge on any atom is 0.257 e. The number of rotatable bonds is 5. The van der Waals surface area contributed by atoms with Gasteiger partial charge in [0.2, 0.25) is 11.8 Å². The lowest BCUT2D eigenvalue weighted by Crippen LogP contribution is -2.49. The van der Waals surface area contributed by atoms with Gasteiger partial charge in [-0.1, -0.05) is 20.8 Å². The van der Waals surface area contributed by atoms with Crippen LogP contribution in [-0.4, -0.2) is 47.9 Å². The van der Waals surface area contributed by atoms with Crippen molar-refractivity contribution in [1.29, 1.82) is 5.26 Å². The van der Waals surface area contributed by atoms with Crippen molar-refractivity contribution in [3.63, 3.8) is 0 Å². The SMILES string of the molecule is CC(C)(C)CC(=O)N(CC1CCCO1)C1CC(=O)N(c2ccc(C#N)cc2)C1=O. The molecule has 1 aromatic rings. The van der Waals surface area contributed by atoms with Crippen LogP contribution in [0.5, 0.6) is 0 Å². The Morgan fingerprint density at radius 2 is 1.97 bits per heavy atom. The van der Waals surface area contributed by atoms with Gasteiger partial charge >= 0.3 is 0 Å². The summed E-state index contributed by atoms with van der Waals surface area (Å²) >= 11 is 0. The lowest BCUT2D eigenvalue weighted by molar-refractivity contribution is -0.141. The summed E-state index contributed by atoms with van der Waals surface area (Å²) in [5, 5.41) is 8.95. The fourth-order valence-corrected chi connectivity index (χ4v) is 3.78. The molecule has 2 heterocycles. The van der Waals surface area contributed by atoms with E-state index in [4.69, 9.17) is 10.00 Å². The van der Waals surface area contributed by atoms with E-state index in [1.165, 1.54) is 0 Å². The van der Waals surface area contributed by atoms with Crippen molar-refractivity contribution in [1.82, 2.24) is 4.90 Å². The van der Waals surface area contributed by atoms with Gasteiger partial charge in [-0.05, 0) is 42.5 Å². The third kappa shape index (κ3) is 4.83. The number of ether oxygens (including phenoxy) is 1. The highest BCUT2D eigenvalue weighted by atomic mass is 16.5. The minimum atomic E-state index is -0.822. The summed E-state index contributed by atoms with van der Waals surface area (Å²) in [4.78, 5) is 41.6. The second kappa shape index (κ2) is 8.34. The van der Waals surface area contributed by atoms with Gasteiger partial charge in [-0.2, -0.15) is 5.26 Å². The second-order valence-corrected chi connectivity index (χ2v) is 8.86. The van der Waals surface area contributed by atoms with Crippen LogP contribution in [0.25, 0.3) is 0 Å². The maximum atomic E-state index is 13.2. The zero-order valence-corrected chi connectivity index (χ0v) is 17.2. The molecule has 3 rings (SSSR count). The van der Waals surface area contributed by atoms with E-state index in [9.17, 15) is 14.4 Å². The van der Waals surface area contributed by atoms with E-state index < -0.39 is 11.9 Å². The number of carbonyl (C=O) groups is 3. The Bertz CT molecular complexity index is 829. The minimum Gasteiger partial charge on any atom is -0.376 e. The molecule has 7 nitrogen and oxygen atoms in total. The maximum absolute atomic E-state index is 13.2. The van der Waals surface area contributed by atoms with Gasteiger partial charge in [0.15, 0.2) is 0 Å². The van der Waals surface area contributed by atoms with Crippen molar-refractivity contribution in [3.05, 3.63) is 29.8 Å².